The lowest BCUT2D eigenvalue weighted by atomic mass is 10.0. The molecular weight excluding hydrogens is 332 g/mol. The van der Waals surface area contributed by atoms with Gasteiger partial charge in [-0.2, -0.15) is 0 Å². The molecule has 0 saturated carbocycles. The van der Waals surface area contributed by atoms with Gasteiger partial charge in [-0.3, -0.25) is 9.59 Å². The van der Waals surface area contributed by atoms with Crippen LogP contribution in [0.1, 0.15) is 40.1 Å². The molecule has 0 fully saturated rings. The van der Waals surface area contributed by atoms with Crippen molar-refractivity contribution in [2.45, 2.75) is 26.8 Å². The zero-order valence-electron chi connectivity index (χ0n) is 14.9. The monoisotopic (exact) mass is 354 g/mol. The van der Waals surface area contributed by atoms with Gasteiger partial charge in [-0.05, 0) is 43.2 Å². The molecule has 1 unspecified atom stereocenters. The van der Waals surface area contributed by atoms with Gasteiger partial charge >= 0.3 is 5.97 Å². The van der Waals surface area contributed by atoms with Crippen molar-refractivity contribution in [2.75, 3.05) is 5.32 Å². The zero-order valence-corrected chi connectivity index (χ0v) is 14.9. The highest BCUT2D eigenvalue weighted by atomic mass is 16.4. The maximum absolute atomic E-state index is 12.6. The van der Waals surface area contributed by atoms with E-state index in [4.69, 9.17) is 5.11 Å². The molecule has 2 rings (SSSR count). The van der Waals surface area contributed by atoms with E-state index < -0.39 is 17.9 Å². The van der Waals surface area contributed by atoms with E-state index in [9.17, 15) is 14.4 Å². The van der Waals surface area contributed by atoms with Crippen LogP contribution in [0.5, 0.6) is 0 Å². The molecule has 2 amide bonds. The van der Waals surface area contributed by atoms with Crippen molar-refractivity contribution in [1.82, 2.24) is 5.32 Å². The number of hydrogen-bond donors (Lipinski definition) is 3. The van der Waals surface area contributed by atoms with Crippen molar-refractivity contribution in [1.29, 1.82) is 0 Å². The number of aryl methyl sites for hydroxylation is 1. The van der Waals surface area contributed by atoms with Crippen molar-refractivity contribution in [3.05, 3.63) is 65.2 Å². The van der Waals surface area contributed by atoms with Gasteiger partial charge in [-0.25, -0.2) is 4.79 Å². The fourth-order valence-electron chi connectivity index (χ4n) is 2.50. The molecule has 3 N–H and O–H groups in total. The quantitative estimate of drug-likeness (QED) is 0.743. The normalized spacial score (nSPS) is 11.7. The molecule has 0 spiro atoms. The number of hydrogen-bond acceptors (Lipinski definition) is 3. The molecule has 0 radical (unpaired) electrons. The van der Waals surface area contributed by atoms with Gasteiger partial charge in [-0.15, -0.1) is 0 Å². The Bertz CT molecular complexity index is 830. The summed E-state index contributed by atoms with van der Waals surface area (Å²) in [6.07, 6.45) is 0. The van der Waals surface area contributed by atoms with Crippen LogP contribution in [0.15, 0.2) is 48.5 Å². The summed E-state index contributed by atoms with van der Waals surface area (Å²) in [6, 6.07) is 12.3. The lowest BCUT2D eigenvalue weighted by Crippen LogP contribution is -2.47. The first kappa shape index (κ1) is 19.2. The molecule has 1 atom stereocenters. The van der Waals surface area contributed by atoms with Gasteiger partial charge in [-0.1, -0.05) is 37.6 Å². The van der Waals surface area contributed by atoms with Crippen LogP contribution in [0.25, 0.3) is 0 Å². The zero-order chi connectivity index (χ0) is 19.3. The summed E-state index contributed by atoms with van der Waals surface area (Å²) in [7, 11) is 0. The standard InChI is InChI=1S/C20H22N2O4/c1-12(2)17(22-18(23)14-7-4-6-13(3)10-14)19(24)21-16-9-5-8-15(11-16)20(25)26/h4-12,17H,1-3H3,(H,21,24)(H,22,23)(H,25,26). The minimum absolute atomic E-state index is 0.0766. The van der Waals surface area contributed by atoms with Gasteiger partial charge < -0.3 is 15.7 Å². The highest BCUT2D eigenvalue weighted by molar-refractivity contribution is 6.01. The molecule has 0 aromatic heterocycles. The Hall–Kier alpha value is -3.15. The number of carboxylic acids is 1. The first-order chi connectivity index (χ1) is 12.3. The first-order valence-corrected chi connectivity index (χ1v) is 8.29. The highest BCUT2D eigenvalue weighted by Gasteiger charge is 2.25. The predicted octanol–water partition coefficient (Wildman–Crippen LogP) is 3.09. The molecule has 6 nitrogen and oxygen atoms in total. The van der Waals surface area contributed by atoms with E-state index in [1.54, 1.807) is 30.3 Å². The predicted molar refractivity (Wildman–Crippen MR) is 99.3 cm³/mol. The van der Waals surface area contributed by atoms with Gasteiger partial charge in [0.25, 0.3) is 5.91 Å². The number of amides is 2. The smallest absolute Gasteiger partial charge is 0.335 e. The first-order valence-electron chi connectivity index (χ1n) is 8.29. The number of benzene rings is 2. The third kappa shape index (κ3) is 4.92. The Kier molecular flexibility index (Phi) is 6.11. The lowest BCUT2D eigenvalue weighted by molar-refractivity contribution is -0.118. The van der Waals surface area contributed by atoms with Crippen molar-refractivity contribution >= 4 is 23.5 Å². The fourth-order valence-corrected chi connectivity index (χ4v) is 2.50. The molecule has 26 heavy (non-hydrogen) atoms. The third-order valence-electron chi connectivity index (χ3n) is 3.89. The Morgan fingerprint density at radius 1 is 0.962 bits per heavy atom. The van der Waals surface area contributed by atoms with Crippen LogP contribution >= 0.6 is 0 Å². The molecule has 0 aliphatic rings. The Balaban J connectivity index is 2.13. The molecule has 136 valence electrons. The van der Waals surface area contributed by atoms with E-state index in [1.165, 1.54) is 12.1 Å². The van der Waals surface area contributed by atoms with Gasteiger partial charge in [0.1, 0.15) is 6.04 Å². The summed E-state index contributed by atoms with van der Waals surface area (Å²) < 4.78 is 0. The average Bonchev–Trinajstić information content (AvgIpc) is 2.59. The van der Waals surface area contributed by atoms with E-state index in [-0.39, 0.29) is 17.4 Å². The van der Waals surface area contributed by atoms with E-state index in [2.05, 4.69) is 10.6 Å². The van der Waals surface area contributed by atoms with Gasteiger partial charge in [0, 0.05) is 11.3 Å². The number of carboxylic acid groups (broad SMARTS) is 1. The molecule has 2 aromatic carbocycles. The summed E-state index contributed by atoms with van der Waals surface area (Å²) in [5.41, 5.74) is 1.88. The number of rotatable bonds is 6. The SMILES string of the molecule is Cc1cccc(C(=O)NC(C(=O)Nc2cccc(C(=O)O)c2)C(C)C)c1. The fraction of sp³-hybridized carbons (Fsp3) is 0.250. The van der Waals surface area contributed by atoms with Crippen molar-refractivity contribution in [3.63, 3.8) is 0 Å². The average molecular weight is 354 g/mol. The molecule has 0 saturated heterocycles. The molecule has 6 heteroatoms. The number of anilines is 1. The lowest BCUT2D eigenvalue weighted by Gasteiger charge is -2.22. The molecule has 0 bridgehead atoms. The van der Waals surface area contributed by atoms with Gasteiger partial charge in [0.15, 0.2) is 0 Å². The van der Waals surface area contributed by atoms with E-state index in [0.717, 1.165) is 5.56 Å². The molecule has 0 heterocycles. The minimum atomic E-state index is -1.07. The topological polar surface area (TPSA) is 95.5 Å². The largest absolute Gasteiger partial charge is 0.478 e. The number of nitrogens with one attached hydrogen (secondary N) is 2. The second kappa shape index (κ2) is 8.29. The molecule has 2 aromatic rings. The van der Waals surface area contributed by atoms with Gasteiger partial charge in [0.05, 0.1) is 5.56 Å². The maximum atomic E-state index is 12.6. The van der Waals surface area contributed by atoms with Crippen LogP contribution in [-0.4, -0.2) is 28.9 Å². The number of carbonyl (C=O) groups excluding carboxylic acids is 2. The molecular formula is C20H22N2O4. The summed E-state index contributed by atoms with van der Waals surface area (Å²) in [6.45, 7) is 5.54. The van der Waals surface area contributed by atoms with Crippen LogP contribution in [0.4, 0.5) is 5.69 Å². The number of carbonyl (C=O) groups is 3. The summed E-state index contributed by atoms with van der Waals surface area (Å²) in [5.74, 6) is -1.95. The van der Waals surface area contributed by atoms with Crippen LogP contribution in [-0.2, 0) is 4.79 Å². The van der Waals surface area contributed by atoms with Crippen LogP contribution in [0.3, 0.4) is 0 Å². The Morgan fingerprint density at radius 2 is 1.62 bits per heavy atom. The van der Waals surface area contributed by atoms with E-state index in [1.807, 2.05) is 26.8 Å². The van der Waals surface area contributed by atoms with E-state index >= 15 is 0 Å². The highest BCUT2D eigenvalue weighted by Crippen LogP contribution is 2.13. The third-order valence-corrected chi connectivity index (χ3v) is 3.89. The minimum Gasteiger partial charge on any atom is -0.478 e. The summed E-state index contributed by atoms with van der Waals surface area (Å²) >= 11 is 0. The van der Waals surface area contributed by atoms with Crippen molar-refractivity contribution < 1.29 is 19.5 Å². The second-order valence-corrected chi connectivity index (χ2v) is 6.44. The Morgan fingerprint density at radius 3 is 2.23 bits per heavy atom. The Labute approximate surface area is 152 Å². The maximum Gasteiger partial charge on any atom is 0.335 e. The van der Waals surface area contributed by atoms with Crippen LogP contribution in [0.2, 0.25) is 0 Å². The second-order valence-electron chi connectivity index (χ2n) is 6.44. The van der Waals surface area contributed by atoms with Crippen molar-refractivity contribution in [2.24, 2.45) is 5.92 Å². The summed E-state index contributed by atoms with van der Waals surface area (Å²) in [5, 5.41) is 14.5. The van der Waals surface area contributed by atoms with Gasteiger partial charge in [0.2, 0.25) is 5.91 Å². The van der Waals surface area contributed by atoms with Crippen LogP contribution in [0, 0.1) is 12.8 Å². The van der Waals surface area contributed by atoms with Crippen molar-refractivity contribution in [3.8, 4) is 0 Å². The van der Waals surface area contributed by atoms with E-state index in [0.29, 0.717) is 11.3 Å². The van der Waals surface area contributed by atoms with Crippen LogP contribution < -0.4 is 10.6 Å². The summed E-state index contributed by atoms with van der Waals surface area (Å²) in [4.78, 5) is 36.1. The number of aromatic carboxylic acids is 1. The molecule has 0 aliphatic heterocycles. The molecule has 0 aliphatic carbocycles.